The van der Waals surface area contributed by atoms with Gasteiger partial charge in [0.1, 0.15) is 6.10 Å². The van der Waals surface area contributed by atoms with E-state index in [0.717, 1.165) is 10.0 Å². The second-order valence-corrected chi connectivity index (χ2v) is 5.81. The Bertz CT molecular complexity index is 438. The summed E-state index contributed by atoms with van der Waals surface area (Å²) in [4.78, 5) is 13.4. The number of rotatable bonds is 2. The molecule has 1 aliphatic heterocycles. The third-order valence-corrected chi connectivity index (χ3v) is 3.45. The fraction of sp³-hybridized carbons (Fsp3) is 0.462. The summed E-state index contributed by atoms with van der Waals surface area (Å²) in [5.74, 6) is 0. The molecule has 1 amide bonds. The summed E-state index contributed by atoms with van der Waals surface area (Å²) in [5, 5.41) is 0. The maximum atomic E-state index is 11.8. The van der Waals surface area contributed by atoms with Crippen molar-refractivity contribution >= 4 is 33.6 Å². The molecule has 0 aliphatic carbocycles. The minimum Gasteiger partial charge on any atom is -0.430 e. The summed E-state index contributed by atoms with van der Waals surface area (Å²) in [5.41, 5.74) is 0.418. The summed E-state index contributed by atoms with van der Waals surface area (Å²) >= 11 is 9.05. The first-order chi connectivity index (χ1) is 9.06. The van der Waals surface area contributed by atoms with Gasteiger partial charge in [-0.15, -0.1) is 0 Å². The van der Waals surface area contributed by atoms with E-state index in [1.54, 1.807) is 11.8 Å². The van der Waals surface area contributed by atoms with Gasteiger partial charge in [-0.25, -0.2) is 4.79 Å². The van der Waals surface area contributed by atoms with Gasteiger partial charge in [0.15, 0.2) is 5.56 Å². The van der Waals surface area contributed by atoms with Crippen molar-refractivity contribution in [3.8, 4) is 0 Å². The van der Waals surface area contributed by atoms with Crippen LogP contribution >= 0.6 is 27.5 Å². The largest absolute Gasteiger partial charge is 0.430 e. The van der Waals surface area contributed by atoms with E-state index in [4.69, 9.17) is 21.1 Å². The Morgan fingerprint density at radius 2 is 2.21 bits per heavy atom. The highest BCUT2D eigenvalue weighted by molar-refractivity contribution is 9.10. The second kappa shape index (κ2) is 6.59. The van der Waals surface area contributed by atoms with Gasteiger partial charge < -0.3 is 14.4 Å². The molecule has 1 unspecified atom stereocenters. The van der Waals surface area contributed by atoms with Crippen molar-refractivity contribution in [2.45, 2.75) is 18.6 Å². The van der Waals surface area contributed by atoms with Crippen LogP contribution in [0.1, 0.15) is 18.6 Å². The molecule has 0 radical (unpaired) electrons. The molecule has 1 aliphatic rings. The summed E-state index contributed by atoms with van der Waals surface area (Å²) < 4.78 is 11.7. The molecule has 6 heteroatoms. The van der Waals surface area contributed by atoms with Crippen molar-refractivity contribution in [1.29, 1.82) is 0 Å². The minimum atomic E-state index is -0.624. The predicted molar refractivity (Wildman–Crippen MR) is 76.2 cm³/mol. The van der Waals surface area contributed by atoms with Crippen LogP contribution in [-0.2, 0) is 9.47 Å². The molecule has 19 heavy (non-hydrogen) atoms. The lowest BCUT2D eigenvalue weighted by Gasteiger charge is -2.32. The molecule has 1 saturated heterocycles. The van der Waals surface area contributed by atoms with Crippen LogP contribution in [0.2, 0.25) is 0 Å². The molecule has 4 nitrogen and oxygen atoms in total. The van der Waals surface area contributed by atoms with Crippen molar-refractivity contribution in [2.24, 2.45) is 0 Å². The van der Waals surface area contributed by atoms with Gasteiger partial charge in [-0.2, -0.15) is 0 Å². The number of hydrogen-bond acceptors (Lipinski definition) is 3. The monoisotopic (exact) mass is 347 g/mol. The van der Waals surface area contributed by atoms with Crippen molar-refractivity contribution in [2.75, 3.05) is 19.7 Å². The van der Waals surface area contributed by atoms with Crippen LogP contribution in [-0.4, -0.2) is 36.3 Å². The highest BCUT2D eigenvalue weighted by Gasteiger charge is 2.26. The number of carbonyl (C=O) groups excluding carboxylic acids is 1. The minimum absolute atomic E-state index is 0.125. The highest BCUT2D eigenvalue weighted by atomic mass is 79.9. The molecule has 0 saturated carbocycles. The smallest absolute Gasteiger partial charge is 0.411 e. The number of morpholine rings is 1. The van der Waals surface area contributed by atoms with Crippen LogP contribution in [0.25, 0.3) is 0 Å². The first-order valence-electron chi connectivity index (χ1n) is 6.03. The van der Waals surface area contributed by atoms with Crippen molar-refractivity contribution < 1.29 is 14.3 Å². The number of ether oxygens (including phenoxy) is 2. The SMILES string of the molecule is CC(Cl)OC(=O)N1CCO[C@@H](c2ccc(Br)cc2)C1. The Kier molecular flexibility index (Phi) is 5.07. The molecule has 2 rings (SSSR count). The zero-order valence-electron chi connectivity index (χ0n) is 10.5. The number of carbonyl (C=O) groups is 1. The average Bonchev–Trinajstić information content (AvgIpc) is 2.39. The standard InChI is InChI=1S/C13H15BrClNO3/c1-9(15)19-13(17)16-6-7-18-12(8-16)10-2-4-11(14)5-3-10/h2-5,9,12H,6-8H2,1H3/t9?,12-/m1/s1. The van der Waals surface area contributed by atoms with Crippen LogP contribution in [0.5, 0.6) is 0 Å². The van der Waals surface area contributed by atoms with Gasteiger partial charge in [0.2, 0.25) is 0 Å². The van der Waals surface area contributed by atoms with E-state index in [1.807, 2.05) is 24.3 Å². The van der Waals surface area contributed by atoms with Gasteiger partial charge in [0.05, 0.1) is 13.2 Å². The lowest BCUT2D eigenvalue weighted by atomic mass is 10.1. The number of alkyl halides is 1. The Balaban J connectivity index is 2.00. The van der Waals surface area contributed by atoms with Gasteiger partial charge >= 0.3 is 6.09 Å². The summed E-state index contributed by atoms with van der Waals surface area (Å²) in [6, 6.07) is 7.87. The van der Waals surface area contributed by atoms with Crippen molar-refractivity contribution in [3.63, 3.8) is 0 Å². The van der Waals surface area contributed by atoms with Gasteiger partial charge in [-0.3, -0.25) is 0 Å². The lowest BCUT2D eigenvalue weighted by molar-refractivity contribution is -0.0296. The summed E-state index contributed by atoms with van der Waals surface area (Å²) in [6.45, 7) is 3.11. The average molecular weight is 349 g/mol. The Morgan fingerprint density at radius 1 is 1.53 bits per heavy atom. The van der Waals surface area contributed by atoms with Crippen LogP contribution in [0.4, 0.5) is 4.79 Å². The fourth-order valence-electron chi connectivity index (χ4n) is 1.91. The predicted octanol–water partition coefficient (Wildman–Crippen LogP) is 3.54. The maximum Gasteiger partial charge on any atom is 0.411 e. The van der Waals surface area contributed by atoms with Crippen molar-refractivity contribution in [3.05, 3.63) is 34.3 Å². The van der Waals surface area contributed by atoms with E-state index in [2.05, 4.69) is 15.9 Å². The van der Waals surface area contributed by atoms with Crippen LogP contribution in [0.3, 0.4) is 0 Å². The Morgan fingerprint density at radius 3 is 2.84 bits per heavy atom. The lowest BCUT2D eigenvalue weighted by Crippen LogP contribution is -2.43. The van der Waals surface area contributed by atoms with E-state index in [1.165, 1.54) is 0 Å². The van der Waals surface area contributed by atoms with Crippen LogP contribution in [0, 0.1) is 0 Å². The normalized spacial score (nSPS) is 21.0. The molecule has 0 spiro atoms. The number of hydrogen-bond donors (Lipinski definition) is 0. The maximum absolute atomic E-state index is 11.8. The van der Waals surface area contributed by atoms with E-state index in [-0.39, 0.29) is 6.10 Å². The van der Waals surface area contributed by atoms with Gasteiger partial charge in [0.25, 0.3) is 0 Å². The zero-order valence-corrected chi connectivity index (χ0v) is 12.9. The number of benzene rings is 1. The quantitative estimate of drug-likeness (QED) is 0.767. The molecule has 0 bridgehead atoms. The summed E-state index contributed by atoms with van der Waals surface area (Å²) in [7, 11) is 0. The highest BCUT2D eigenvalue weighted by Crippen LogP contribution is 2.24. The topological polar surface area (TPSA) is 38.8 Å². The van der Waals surface area contributed by atoms with E-state index in [9.17, 15) is 4.79 Å². The molecule has 2 atom stereocenters. The van der Waals surface area contributed by atoms with Crippen LogP contribution < -0.4 is 0 Å². The van der Waals surface area contributed by atoms with E-state index < -0.39 is 11.7 Å². The van der Waals surface area contributed by atoms with Gasteiger partial charge in [-0.1, -0.05) is 39.7 Å². The molecule has 1 aromatic rings. The second-order valence-electron chi connectivity index (χ2n) is 4.28. The third-order valence-electron chi connectivity index (χ3n) is 2.83. The van der Waals surface area contributed by atoms with E-state index >= 15 is 0 Å². The molecule has 0 aromatic heterocycles. The molecule has 0 N–H and O–H groups in total. The van der Waals surface area contributed by atoms with Crippen molar-refractivity contribution in [1.82, 2.24) is 4.90 Å². The Labute approximate surface area is 125 Å². The van der Waals surface area contributed by atoms with Gasteiger partial charge in [0, 0.05) is 11.0 Å². The zero-order chi connectivity index (χ0) is 13.8. The first kappa shape index (κ1) is 14.6. The number of amides is 1. The number of halogens is 2. The molecule has 104 valence electrons. The molecule has 1 aromatic carbocycles. The third kappa shape index (κ3) is 4.09. The van der Waals surface area contributed by atoms with Crippen LogP contribution in [0.15, 0.2) is 28.7 Å². The number of nitrogens with zero attached hydrogens (tertiary/aromatic N) is 1. The van der Waals surface area contributed by atoms with Gasteiger partial charge in [-0.05, 0) is 24.6 Å². The fourth-order valence-corrected chi connectivity index (χ4v) is 2.25. The molecule has 1 heterocycles. The first-order valence-corrected chi connectivity index (χ1v) is 7.26. The molecule has 1 fully saturated rings. The molecular formula is C13H15BrClNO3. The Hall–Kier alpha value is -0.780. The van der Waals surface area contributed by atoms with E-state index in [0.29, 0.717) is 19.7 Å². The molecular weight excluding hydrogens is 334 g/mol. The summed E-state index contributed by atoms with van der Waals surface area (Å²) in [6.07, 6.45) is -0.520.